The third kappa shape index (κ3) is 4.63. The highest BCUT2D eigenvalue weighted by atomic mass is 16.5. The molecular weight excluding hydrogens is 482 g/mol. The molecule has 4 N–H and O–H groups in total. The predicted molar refractivity (Wildman–Crippen MR) is 147 cm³/mol. The summed E-state index contributed by atoms with van der Waals surface area (Å²) in [7, 11) is 1.65. The zero-order valence-electron chi connectivity index (χ0n) is 20.6. The minimum atomic E-state index is -0.391. The number of imidazole rings is 1. The number of ether oxygens (including phenoxy) is 1. The number of carbonyl (C=O) groups is 1. The maximum atomic E-state index is 13.8. The molecule has 0 saturated heterocycles. The second kappa shape index (κ2) is 10.4. The molecule has 0 aliphatic heterocycles. The lowest BCUT2D eigenvalue weighted by molar-refractivity contribution is -0.113. The number of amides is 1. The van der Waals surface area contributed by atoms with Gasteiger partial charge in [0.2, 0.25) is 5.91 Å². The van der Waals surface area contributed by atoms with Crippen LogP contribution in [0, 0.1) is 0 Å². The lowest BCUT2D eigenvalue weighted by atomic mass is 10.2. The summed E-state index contributed by atoms with van der Waals surface area (Å²) in [6.45, 7) is 0.259. The third-order valence-electron chi connectivity index (χ3n) is 5.93. The molecule has 3 aromatic carbocycles. The molecule has 0 bridgehead atoms. The Morgan fingerprint density at radius 2 is 1.68 bits per heavy atom. The van der Waals surface area contributed by atoms with Crippen LogP contribution in [0.15, 0.2) is 102 Å². The molecule has 2 heterocycles. The Labute approximate surface area is 218 Å². The summed E-state index contributed by atoms with van der Waals surface area (Å²) >= 11 is 0. The van der Waals surface area contributed by atoms with Gasteiger partial charge in [-0.2, -0.15) is 0 Å². The lowest BCUT2D eigenvalue weighted by Crippen LogP contribution is -2.25. The van der Waals surface area contributed by atoms with Crippen LogP contribution in [0.1, 0.15) is 0 Å². The Kier molecular flexibility index (Phi) is 6.70. The first kappa shape index (κ1) is 24.5. The smallest absolute Gasteiger partial charge is 0.339 e. The molecule has 5 aromatic rings. The quantitative estimate of drug-likeness (QED) is 0.322. The van der Waals surface area contributed by atoms with Crippen molar-refractivity contribution in [2.45, 2.75) is 0 Å². The van der Waals surface area contributed by atoms with E-state index in [1.54, 1.807) is 61.7 Å². The number of rotatable bonds is 7. The molecule has 10 nitrogen and oxygen atoms in total. The van der Waals surface area contributed by atoms with Crippen molar-refractivity contribution in [1.29, 1.82) is 0 Å². The van der Waals surface area contributed by atoms with Crippen LogP contribution in [-0.4, -0.2) is 38.6 Å². The van der Waals surface area contributed by atoms with Gasteiger partial charge in [0.15, 0.2) is 11.5 Å². The molecule has 0 radical (unpaired) electrons. The SMILES string of the molecule is CN(C(=O)C=CCN)c1cccc(-n2c(=O)n(-c3ccc(Oc4ccccc4)cc3)c3c(N)ncnc32)c1. The predicted octanol–water partition coefficient (Wildman–Crippen LogP) is 3.42. The van der Waals surface area contributed by atoms with Crippen molar-refractivity contribution >= 4 is 28.6 Å². The first-order valence-electron chi connectivity index (χ1n) is 11.8. The molecule has 1 amide bonds. The number of hydrogen-bond donors (Lipinski definition) is 2. The van der Waals surface area contributed by atoms with Crippen molar-refractivity contribution in [2.24, 2.45) is 5.73 Å². The molecular formula is C28H25N7O3. The zero-order valence-corrected chi connectivity index (χ0v) is 20.6. The van der Waals surface area contributed by atoms with E-state index in [1.165, 1.54) is 26.4 Å². The lowest BCUT2D eigenvalue weighted by Gasteiger charge is -2.16. The summed E-state index contributed by atoms with van der Waals surface area (Å²) in [4.78, 5) is 36.3. The van der Waals surface area contributed by atoms with E-state index >= 15 is 0 Å². The Bertz CT molecular complexity index is 1690. The maximum absolute atomic E-state index is 13.8. The molecule has 190 valence electrons. The molecule has 0 aliphatic rings. The fraction of sp³-hybridized carbons (Fsp3) is 0.0714. The van der Waals surface area contributed by atoms with Gasteiger partial charge in [0, 0.05) is 25.4 Å². The summed E-state index contributed by atoms with van der Waals surface area (Å²) in [6.07, 6.45) is 4.30. The first-order chi connectivity index (χ1) is 18.5. The standard InChI is InChI=1S/C28H25N7O3/c1-33(24(36)11-6-16-29)20-7-5-8-21(17-20)35-27-25(26(30)31-18-32-27)34(28(35)37)19-12-14-23(15-13-19)38-22-9-3-2-4-10-22/h2-15,17-18H,16,29H2,1H3,(H2,30,31,32). The number of likely N-dealkylation sites (N-methyl/N-ethyl adjacent to an activating group) is 1. The largest absolute Gasteiger partial charge is 0.457 e. The minimum absolute atomic E-state index is 0.158. The van der Waals surface area contributed by atoms with E-state index in [1.807, 2.05) is 30.3 Å². The van der Waals surface area contributed by atoms with Crippen LogP contribution in [0.4, 0.5) is 11.5 Å². The number of nitrogens with two attached hydrogens (primary N) is 2. The number of hydrogen-bond acceptors (Lipinski definition) is 7. The Morgan fingerprint density at radius 1 is 0.947 bits per heavy atom. The van der Waals surface area contributed by atoms with Gasteiger partial charge in [-0.1, -0.05) is 30.3 Å². The van der Waals surface area contributed by atoms with Gasteiger partial charge in [-0.3, -0.25) is 9.36 Å². The molecule has 0 unspecified atom stereocenters. The zero-order chi connectivity index (χ0) is 26.6. The van der Waals surface area contributed by atoms with Gasteiger partial charge in [0.1, 0.15) is 23.3 Å². The minimum Gasteiger partial charge on any atom is -0.457 e. The normalized spacial score (nSPS) is 11.2. The average Bonchev–Trinajstić information content (AvgIpc) is 3.25. The second-order valence-electron chi connectivity index (χ2n) is 8.35. The Hall–Kier alpha value is -5.22. The van der Waals surface area contributed by atoms with Crippen LogP contribution in [0.25, 0.3) is 22.5 Å². The Morgan fingerprint density at radius 3 is 2.42 bits per heavy atom. The summed E-state index contributed by atoms with van der Waals surface area (Å²) in [6, 6.07) is 23.5. The van der Waals surface area contributed by atoms with Crippen LogP contribution in [-0.2, 0) is 4.79 Å². The van der Waals surface area contributed by atoms with Crippen LogP contribution in [0.3, 0.4) is 0 Å². The number of fused-ring (bicyclic) bond motifs is 1. The summed E-state index contributed by atoms with van der Waals surface area (Å²) in [5, 5.41) is 0. The average molecular weight is 508 g/mol. The molecule has 2 aromatic heterocycles. The van der Waals surface area contributed by atoms with Gasteiger partial charge in [0.25, 0.3) is 0 Å². The van der Waals surface area contributed by atoms with E-state index in [0.717, 1.165) is 0 Å². The van der Waals surface area contributed by atoms with Gasteiger partial charge in [-0.15, -0.1) is 0 Å². The summed E-state index contributed by atoms with van der Waals surface area (Å²) in [5.41, 5.74) is 13.7. The van der Waals surface area contributed by atoms with Crippen molar-refractivity contribution < 1.29 is 9.53 Å². The number of para-hydroxylation sites is 1. The molecule has 10 heteroatoms. The highest BCUT2D eigenvalue weighted by molar-refractivity contribution is 6.01. The fourth-order valence-corrected chi connectivity index (χ4v) is 4.06. The van der Waals surface area contributed by atoms with Crippen LogP contribution >= 0.6 is 0 Å². The van der Waals surface area contributed by atoms with E-state index in [-0.39, 0.29) is 18.3 Å². The van der Waals surface area contributed by atoms with Gasteiger partial charge >= 0.3 is 5.69 Å². The monoisotopic (exact) mass is 507 g/mol. The number of nitrogens with zero attached hydrogens (tertiary/aromatic N) is 5. The van der Waals surface area contributed by atoms with Gasteiger partial charge < -0.3 is 21.1 Å². The molecule has 5 rings (SSSR count). The summed E-state index contributed by atoms with van der Waals surface area (Å²) in [5.74, 6) is 1.23. The number of nitrogen functional groups attached to an aromatic ring is 1. The molecule has 0 atom stereocenters. The van der Waals surface area contributed by atoms with E-state index in [0.29, 0.717) is 39.7 Å². The first-order valence-corrected chi connectivity index (χ1v) is 11.8. The van der Waals surface area contributed by atoms with Crippen LogP contribution in [0.5, 0.6) is 11.5 Å². The van der Waals surface area contributed by atoms with E-state index < -0.39 is 5.69 Å². The third-order valence-corrected chi connectivity index (χ3v) is 5.93. The van der Waals surface area contributed by atoms with Gasteiger partial charge in [0.05, 0.1) is 11.4 Å². The van der Waals surface area contributed by atoms with Crippen LogP contribution < -0.4 is 26.8 Å². The highest BCUT2D eigenvalue weighted by Gasteiger charge is 2.21. The second-order valence-corrected chi connectivity index (χ2v) is 8.35. The molecule has 0 fully saturated rings. The fourth-order valence-electron chi connectivity index (χ4n) is 4.06. The van der Waals surface area contributed by atoms with E-state index in [2.05, 4.69) is 9.97 Å². The van der Waals surface area contributed by atoms with Crippen LogP contribution in [0.2, 0.25) is 0 Å². The number of aromatic nitrogens is 4. The highest BCUT2D eigenvalue weighted by Crippen LogP contribution is 2.27. The van der Waals surface area contributed by atoms with Crippen molar-refractivity contribution in [3.8, 4) is 22.9 Å². The molecule has 0 spiro atoms. The maximum Gasteiger partial charge on any atom is 0.339 e. The molecule has 0 saturated carbocycles. The van der Waals surface area contributed by atoms with Gasteiger partial charge in [-0.25, -0.2) is 19.3 Å². The molecule has 38 heavy (non-hydrogen) atoms. The van der Waals surface area contributed by atoms with Gasteiger partial charge in [-0.05, 0) is 54.6 Å². The summed E-state index contributed by atoms with van der Waals surface area (Å²) < 4.78 is 8.78. The number of carbonyl (C=O) groups excluding carboxylic acids is 1. The number of anilines is 2. The molecule has 0 aliphatic carbocycles. The van der Waals surface area contributed by atoms with Crippen molar-refractivity contribution in [1.82, 2.24) is 19.1 Å². The topological polar surface area (TPSA) is 134 Å². The van der Waals surface area contributed by atoms with E-state index in [4.69, 9.17) is 16.2 Å². The van der Waals surface area contributed by atoms with Crippen molar-refractivity contribution in [3.05, 3.63) is 108 Å². The van der Waals surface area contributed by atoms with E-state index in [9.17, 15) is 9.59 Å². The van der Waals surface area contributed by atoms with Crippen molar-refractivity contribution in [3.63, 3.8) is 0 Å². The number of benzene rings is 3. The Balaban J connectivity index is 1.59. The van der Waals surface area contributed by atoms with Crippen molar-refractivity contribution in [2.75, 3.05) is 24.2 Å².